The molecule has 1 aliphatic rings. The highest BCUT2D eigenvalue weighted by Gasteiger charge is 2.28. The summed E-state index contributed by atoms with van der Waals surface area (Å²) in [6, 6.07) is 0.161. The number of carbonyl (C=O) groups excluding carboxylic acids is 2. The van der Waals surface area contributed by atoms with Crippen LogP contribution in [0.3, 0.4) is 0 Å². The number of aromatic nitrogens is 2. The topological polar surface area (TPSA) is 81.2 Å². The van der Waals surface area contributed by atoms with Gasteiger partial charge in [-0.15, -0.1) is 0 Å². The van der Waals surface area contributed by atoms with Gasteiger partial charge in [-0.05, 0) is 25.2 Å². The molecule has 2 rings (SSSR count). The van der Waals surface area contributed by atoms with Crippen LogP contribution in [0.5, 0.6) is 0 Å². The minimum absolute atomic E-state index is 0.109. The molecular weight excluding hydrogens is 282 g/mol. The van der Waals surface area contributed by atoms with Crippen molar-refractivity contribution in [3.05, 3.63) is 23.8 Å². The summed E-state index contributed by atoms with van der Waals surface area (Å²) in [6.45, 7) is 5.86. The van der Waals surface area contributed by atoms with Gasteiger partial charge >= 0.3 is 5.97 Å². The summed E-state index contributed by atoms with van der Waals surface area (Å²) in [5, 5.41) is 2.96. The molecule has 1 aromatic rings. The number of nitrogens with one attached hydrogen (secondary N) is 1. The molecule has 3 atom stereocenters. The molecule has 6 heteroatoms. The number of ether oxygens (including phenoxy) is 1. The van der Waals surface area contributed by atoms with E-state index in [9.17, 15) is 9.59 Å². The van der Waals surface area contributed by atoms with Gasteiger partial charge in [0.1, 0.15) is 0 Å². The average Bonchev–Trinajstić information content (AvgIpc) is 2.50. The molecule has 0 unspecified atom stereocenters. The molecule has 0 aliphatic heterocycles. The normalized spacial score (nSPS) is 24.6. The number of carbonyl (C=O) groups is 2. The average molecular weight is 305 g/mol. The third-order valence-electron chi connectivity index (χ3n) is 4.38. The van der Waals surface area contributed by atoms with Crippen molar-refractivity contribution in [3.63, 3.8) is 0 Å². The molecular formula is C16H23N3O3. The van der Waals surface area contributed by atoms with Crippen LogP contribution in [0.25, 0.3) is 0 Å². The number of hydrogen-bond acceptors (Lipinski definition) is 5. The monoisotopic (exact) mass is 305 g/mol. The highest BCUT2D eigenvalue weighted by atomic mass is 16.5. The Balaban J connectivity index is 1.80. The van der Waals surface area contributed by atoms with Crippen molar-refractivity contribution in [3.8, 4) is 0 Å². The van der Waals surface area contributed by atoms with E-state index < -0.39 is 5.97 Å². The van der Waals surface area contributed by atoms with Gasteiger partial charge in [0.25, 0.3) is 5.91 Å². The van der Waals surface area contributed by atoms with E-state index in [0.717, 1.165) is 18.5 Å². The van der Waals surface area contributed by atoms with Crippen LogP contribution >= 0.6 is 0 Å². The first-order valence-corrected chi connectivity index (χ1v) is 7.72. The number of rotatable bonds is 4. The van der Waals surface area contributed by atoms with E-state index in [0.29, 0.717) is 11.8 Å². The molecule has 0 radical (unpaired) electrons. The van der Waals surface area contributed by atoms with Gasteiger partial charge in [-0.3, -0.25) is 9.78 Å². The molecule has 0 bridgehead atoms. The van der Waals surface area contributed by atoms with E-state index in [1.165, 1.54) is 18.8 Å². The Labute approximate surface area is 130 Å². The van der Waals surface area contributed by atoms with Crippen molar-refractivity contribution < 1.29 is 14.3 Å². The van der Waals surface area contributed by atoms with Crippen LogP contribution in [0.4, 0.5) is 0 Å². The Bertz CT molecular complexity index is 530. The fourth-order valence-electron chi connectivity index (χ4n) is 2.74. The van der Waals surface area contributed by atoms with E-state index in [4.69, 9.17) is 4.74 Å². The lowest BCUT2D eigenvalue weighted by atomic mass is 9.78. The molecule has 1 fully saturated rings. The standard InChI is InChI=1S/C16H23N3O3/c1-10-5-4-6-13(12(10)3)19-15(20)9-22-16(21)14-8-17-11(2)7-18-14/h7-8,10,12-13H,4-6,9H2,1-3H3,(H,19,20)/t10-,12+,13+/m1/s1. The van der Waals surface area contributed by atoms with Gasteiger partial charge in [0.2, 0.25) is 0 Å². The fourth-order valence-corrected chi connectivity index (χ4v) is 2.74. The zero-order valence-corrected chi connectivity index (χ0v) is 13.3. The molecule has 1 aliphatic carbocycles. The minimum Gasteiger partial charge on any atom is -0.451 e. The minimum atomic E-state index is -0.632. The third-order valence-corrected chi connectivity index (χ3v) is 4.38. The summed E-state index contributed by atoms with van der Waals surface area (Å²) in [4.78, 5) is 31.6. The molecule has 1 amide bonds. The van der Waals surface area contributed by atoms with Crippen LogP contribution in [0.2, 0.25) is 0 Å². The van der Waals surface area contributed by atoms with Gasteiger partial charge in [0, 0.05) is 12.2 Å². The Morgan fingerprint density at radius 1 is 1.27 bits per heavy atom. The molecule has 0 saturated heterocycles. The van der Waals surface area contributed by atoms with Crippen LogP contribution in [0.1, 0.15) is 49.3 Å². The largest absolute Gasteiger partial charge is 0.451 e. The van der Waals surface area contributed by atoms with Gasteiger partial charge in [0.05, 0.1) is 11.9 Å². The Morgan fingerprint density at radius 3 is 2.73 bits per heavy atom. The maximum Gasteiger partial charge on any atom is 0.359 e. The van der Waals surface area contributed by atoms with Crippen LogP contribution < -0.4 is 5.32 Å². The van der Waals surface area contributed by atoms with Gasteiger partial charge in [0.15, 0.2) is 12.3 Å². The summed E-state index contributed by atoms with van der Waals surface area (Å²) in [5.74, 6) is 0.146. The van der Waals surface area contributed by atoms with E-state index >= 15 is 0 Å². The van der Waals surface area contributed by atoms with Crippen molar-refractivity contribution in [2.45, 2.75) is 46.1 Å². The maximum atomic E-state index is 11.9. The summed E-state index contributed by atoms with van der Waals surface area (Å²) in [7, 11) is 0. The maximum absolute atomic E-state index is 11.9. The van der Waals surface area contributed by atoms with Gasteiger partial charge in [-0.2, -0.15) is 0 Å². The van der Waals surface area contributed by atoms with Crippen molar-refractivity contribution >= 4 is 11.9 Å². The molecule has 120 valence electrons. The second-order valence-corrected chi connectivity index (χ2v) is 6.06. The molecule has 6 nitrogen and oxygen atoms in total. The van der Waals surface area contributed by atoms with Crippen molar-refractivity contribution in [1.29, 1.82) is 0 Å². The van der Waals surface area contributed by atoms with E-state index in [1.54, 1.807) is 6.92 Å². The first-order chi connectivity index (χ1) is 10.5. The lowest BCUT2D eigenvalue weighted by Crippen LogP contribution is -2.45. The Morgan fingerprint density at radius 2 is 2.05 bits per heavy atom. The fraction of sp³-hybridized carbons (Fsp3) is 0.625. The number of esters is 1. The van der Waals surface area contributed by atoms with Crippen LogP contribution in [0.15, 0.2) is 12.4 Å². The van der Waals surface area contributed by atoms with E-state index in [-0.39, 0.29) is 24.2 Å². The van der Waals surface area contributed by atoms with Gasteiger partial charge < -0.3 is 10.1 Å². The zero-order chi connectivity index (χ0) is 16.1. The van der Waals surface area contributed by atoms with Gasteiger partial charge in [-0.25, -0.2) is 9.78 Å². The molecule has 0 aromatic carbocycles. The summed E-state index contributed by atoms with van der Waals surface area (Å²) in [6.07, 6.45) is 6.14. The van der Waals surface area contributed by atoms with Crippen molar-refractivity contribution in [2.75, 3.05) is 6.61 Å². The second kappa shape index (κ2) is 7.33. The predicted octanol–water partition coefficient (Wildman–Crippen LogP) is 1.88. The van der Waals surface area contributed by atoms with Crippen LogP contribution in [-0.4, -0.2) is 34.5 Å². The number of hydrogen-bond donors (Lipinski definition) is 1. The van der Waals surface area contributed by atoms with E-state index in [2.05, 4.69) is 29.1 Å². The zero-order valence-electron chi connectivity index (χ0n) is 13.3. The highest BCUT2D eigenvalue weighted by molar-refractivity contribution is 5.89. The molecule has 1 heterocycles. The lowest BCUT2D eigenvalue weighted by Gasteiger charge is -2.34. The van der Waals surface area contributed by atoms with Crippen LogP contribution in [0, 0.1) is 18.8 Å². The summed E-state index contributed by atoms with van der Waals surface area (Å²) >= 11 is 0. The Hall–Kier alpha value is -1.98. The SMILES string of the molecule is Cc1cnc(C(=O)OCC(=O)N[C@H]2CCC[C@@H](C)[C@@H]2C)cn1. The molecule has 0 spiro atoms. The molecule has 1 N–H and O–H groups in total. The number of nitrogens with zero attached hydrogens (tertiary/aromatic N) is 2. The first kappa shape index (κ1) is 16.4. The molecule has 22 heavy (non-hydrogen) atoms. The number of aryl methyl sites for hydroxylation is 1. The molecule has 1 aromatic heterocycles. The Kier molecular flexibility index (Phi) is 5.46. The molecule has 1 saturated carbocycles. The van der Waals surface area contributed by atoms with Crippen LogP contribution in [-0.2, 0) is 9.53 Å². The van der Waals surface area contributed by atoms with Gasteiger partial charge in [-0.1, -0.05) is 26.7 Å². The summed E-state index contributed by atoms with van der Waals surface area (Å²) < 4.78 is 4.98. The second-order valence-electron chi connectivity index (χ2n) is 6.06. The predicted molar refractivity (Wildman–Crippen MR) is 81.2 cm³/mol. The van der Waals surface area contributed by atoms with E-state index in [1.807, 2.05) is 0 Å². The summed E-state index contributed by atoms with van der Waals surface area (Å²) in [5.41, 5.74) is 0.827. The smallest absolute Gasteiger partial charge is 0.359 e. The van der Waals surface area contributed by atoms with Crippen molar-refractivity contribution in [2.24, 2.45) is 11.8 Å². The third kappa shape index (κ3) is 4.26. The lowest BCUT2D eigenvalue weighted by molar-refractivity contribution is -0.125. The quantitative estimate of drug-likeness (QED) is 0.859. The van der Waals surface area contributed by atoms with Crippen molar-refractivity contribution in [1.82, 2.24) is 15.3 Å². The highest BCUT2D eigenvalue weighted by Crippen LogP contribution is 2.29. The number of amides is 1. The first-order valence-electron chi connectivity index (χ1n) is 7.72.